The molecule has 25 heavy (non-hydrogen) atoms. The Bertz CT molecular complexity index is 519. The second-order valence-corrected chi connectivity index (χ2v) is 7.68. The number of ether oxygens (including phenoxy) is 1. The number of methoxy groups -OCH3 is 1. The number of rotatable bonds is 8. The summed E-state index contributed by atoms with van der Waals surface area (Å²) in [6, 6.07) is 8.39. The molecular weight excluding hydrogens is 312 g/mol. The van der Waals surface area contributed by atoms with Gasteiger partial charge in [-0.05, 0) is 75.2 Å². The minimum Gasteiger partial charge on any atom is -0.497 e. The van der Waals surface area contributed by atoms with Crippen LogP contribution in [0.15, 0.2) is 24.3 Å². The molecule has 1 aromatic rings. The highest BCUT2D eigenvalue weighted by molar-refractivity contribution is 5.81. The Hall–Kier alpha value is -1.55. The molecule has 0 radical (unpaired) electrons. The molecule has 0 spiro atoms. The molecule has 4 heteroatoms. The molecule has 1 aliphatic rings. The highest BCUT2D eigenvalue weighted by atomic mass is 16.5. The fourth-order valence-corrected chi connectivity index (χ4v) is 3.41. The van der Waals surface area contributed by atoms with Gasteiger partial charge < -0.3 is 10.1 Å². The van der Waals surface area contributed by atoms with E-state index in [1.54, 1.807) is 7.11 Å². The standard InChI is InChI=1S/C21H34N2O2/c1-16(2)15-22-21(24)17(3)23-13-11-19(12-14-23)6-5-18-7-9-20(25-4)10-8-18/h7-10,16-17,19H,5-6,11-15H2,1-4H3,(H,22,24). The molecule has 4 nitrogen and oxygen atoms in total. The van der Waals surface area contributed by atoms with Crippen LogP contribution in [0, 0.1) is 11.8 Å². The van der Waals surface area contributed by atoms with Crippen LogP contribution in [0.3, 0.4) is 0 Å². The Morgan fingerprint density at radius 2 is 1.84 bits per heavy atom. The smallest absolute Gasteiger partial charge is 0.237 e. The lowest BCUT2D eigenvalue weighted by molar-refractivity contribution is -0.126. The Morgan fingerprint density at radius 3 is 2.40 bits per heavy atom. The first kappa shape index (κ1) is 19.8. The second kappa shape index (κ2) is 9.81. The van der Waals surface area contributed by atoms with Crippen LogP contribution in [0.1, 0.15) is 45.6 Å². The molecule has 1 amide bonds. The molecule has 0 aromatic heterocycles. The van der Waals surface area contributed by atoms with Gasteiger partial charge in [-0.2, -0.15) is 0 Å². The van der Waals surface area contributed by atoms with Gasteiger partial charge in [0.05, 0.1) is 13.2 Å². The molecule has 0 bridgehead atoms. The van der Waals surface area contributed by atoms with E-state index in [0.29, 0.717) is 5.92 Å². The lowest BCUT2D eigenvalue weighted by Crippen LogP contribution is -2.48. The minimum atomic E-state index is -0.0127. The molecular formula is C21H34N2O2. The summed E-state index contributed by atoms with van der Waals surface area (Å²) < 4.78 is 5.21. The summed E-state index contributed by atoms with van der Waals surface area (Å²) in [4.78, 5) is 14.6. The van der Waals surface area contributed by atoms with Crippen molar-refractivity contribution >= 4 is 5.91 Å². The number of amides is 1. The summed E-state index contributed by atoms with van der Waals surface area (Å²) in [7, 11) is 1.70. The number of likely N-dealkylation sites (tertiary alicyclic amines) is 1. The molecule has 1 unspecified atom stereocenters. The first-order valence-corrected chi connectivity index (χ1v) is 9.64. The van der Waals surface area contributed by atoms with E-state index in [-0.39, 0.29) is 11.9 Å². The number of hydrogen-bond donors (Lipinski definition) is 1. The van der Waals surface area contributed by atoms with E-state index in [9.17, 15) is 4.79 Å². The maximum Gasteiger partial charge on any atom is 0.237 e. The van der Waals surface area contributed by atoms with Crippen molar-refractivity contribution in [2.24, 2.45) is 11.8 Å². The molecule has 140 valence electrons. The Morgan fingerprint density at radius 1 is 1.20 bits per heavy atom. The van der Waals surface area contributed by atoms with Crippen LogP contribution in [0.4, 0.5) is 0 Å². The molecule has 1 N–H and O–H groups in total. The largest absolute Gasteiger partial charge is 0.497 e. The van der Waals surface area contributed by atoms with Crippen molar-refractivity contribution in [3.63, 3.8) is 0 Å². The van der Waals surface area contributed by atoms with Crippen molar-refractivity contribution in [1.29, 1.82) is 0 Å². The summed E-state index contributed by atoms with van der Waals surface area (Å²) >= 11 is 0. The molecule has 1 saturated heterocycles. The lowest BCUT2D eigenvalue weighted by Gasteiger charge is -2.35. The van der Waals surface area contributed by atoms with Crippen LogP contribution in [0.25, 0.3) is 0 Å². The average molecular weight is 347 g/mol. The van der Waals surface area contributed by atoms with Crippen LogP contribution >= 0.6 is 0 Å². The molecule has 1 atom stereocenters. The van der Waals surface area contributed by atoms with E-state index >= 15 is 0 Å². The van der Waals surface area contributed by atoms with Crippen molar-refractivity contribution in [3.8, 4) is 5.75 Å². The van der Waals surface area contributed by atoms with Crippen molar-refractivity contribution in [3.05, 3.63) is 29.8 Å². The monoisotopic (exact) mass is 346 g/mol. The molecule has 1 aromatic carbocycles. The van der Waals surface area contributed by atoms with E-state index in [0.717, 1.165) is 37.7 Å². The first-order chi connectivity index (χ1) is 12.0. The van der Waals surface area contributed by atoms with E-state index in [4.69, 9.17) is 4.74 Å². The number of benzene rings is 1. The van der Waals surface area contributed by atoms with Gasteiger partial charge in [0, 0.05) is 6.54 Å². The van der Waals surface area contributed by atoms with Gasteiger partial charge in [0.25, 0.3) is 0 Å². The van der Waals surface area contributed by atoms with Crippen molar-refractivity contribution < 1.29 is 9.53 Å². The molecule has 2 rings (SSSR count). The maximum atomic E-state index is 12.2. The zero-order chi connectivity index (χ0) is 18.2. The number of nitrogens with one attached hydrogen (secondary N) is 1. The van der Waals surface area contributed by atoms with Gasteiger partial charge in [-0.25, -0.2) is 0 Å². The zero-order valence-electron chi connectivity index (χ0n) is 16.3. The van der Waals surface area contributed by atoms with Crippen LogP contribution < -0.4 is 10.1 Å². The van der Waals surface area contributed by atoms with Gasteiger partial charge in [-0.15, -0.1) is 0 Å². The minimum absolute atomic E-state index is 0.0127. The second-order valence-electron chi connectivity index (χ2n) is 7.68. The van der Waals surface area contributed by atoms with Crippen molar-refractivity contribution in [2.75, 3.05) is 26.7 Å². The normalized spacial score (nSPS) is 17.5. The van der Waals surface area contributed by atoms with Gasteiger partial charge in [-0.3, -0.25) is 9.69 Å². The Kier molecular flexibility index (Phi) is 7.76. The third-order valence-electron chi connectivity index (χ3n) is 5.26. The molecule has 0 saturated carbocycles. The zero-order valence-corrected chi connectivity index (χ0v) is 16.3. The summed E-state index contributed by atoms with van der Waals surface area (Å²) in [5, 5.41) is 3.06. The summed E-state index contributed by atoms with van der Waals surface area (Å²) in [5.74, 6) is 2.36. The number of piperidine rings is 1. The fourth-order valence-electron chi connectivity index (χ4n) is 3.41. The third-order valence-corrected chi connectivity index (χ3v) is 5.26. The van der Waals surface area contributed by atoms with Gasteiger partial charge in [-0.1, -0.05) is 26.0 Å². The van der Waals surface area contributed by atoms with Crippen LogP contribution in [0.2, 0.25) is 0 Å². The number of aryl methyl sites for hydroxylation is 1. The summed E-state index contributed by atoms with van der Waals surface area (Å²) in [6.45, 7) is 9.11. The lowest BCUT2D eigenvalue weighted by atomic mass is 9.90. The Labute approximate surface area is 152 Å². The quantitative estimate of drug-likeness (QED) is 0.783. The maximum absolute atomic E-state index is 12.2. The average Bonchev–Trinajstić information content (AvgIpc) is 2.64. The van der Waals surface area contributed by atoms with E-state index in [1.165, 1.54) is 24.8 Å². The molecule has 1 heterocycles. The molecule has 0 aliphatic carbocycles. The fraction of sp³-hybridized carbons (Fsp3) is 0.667. The van der Waals surface area contributed by atoms with Gasteiger partial charge in [0.2, 0.25) is 5.91 Å². The van der Waals surface area contributed by atoms with Crippen LogP contribution in [-0.2, 0) is 11.2 Å². The predicted molar refractivity (Wildman–Crippen MR) is 103 cm³/mol. The number of carbonyl (C=O) groups is 1. The molecule has 1 fully saturated rings. The summed E-state index contributed by atoms with van der Waals surface area (Å²) in [5.41, 5.74) is 1.38. The number of hydrogen-bond acceptors (Lipinski definition) is 3. The van der Waals surface area contributed by atoms with Gasteiger partial charge in [0.1, 0.15) is 5.75 Å². The van der Waals surface area contributed by atoms with Gasteiger partial charge >= 0.3 is 0 Å². The summed E-state index contributed by atoms with van der Waals surface area (Å²) in [6.07, 6.45) is 4.74. The topological polar surface area (TPSA) is 41.6 Å². The number of carbonyl (C=O) groups excluding carboxylic acids is 1. The Balaban J connectivity index is 1.70. The highest BCUT2D eigenvalue weighted by Crippen LogP contribution is 2.24. The number of nitrogens with zero attached hydrogens (tertiary/aromatic N) is 1. The van der Waals surface area contributed by atoms with Crippen molar-refractivity contribution in [1.82, 2.24) is 10.2 Å². The van der Waals surface area contributed by atoms with Crippen molar-refractivity contribution in [2.45, 2.75) is 52.5 Å². The van der Waals surface area contributed by atoms with E-state index < -0.39 is 0 Å². The molecule has 1 aliphatic heterocycles. The highest BCUT2D eigenvalue weighted by Gasteiger charge is 2.26. The SMILES string of the molecule is COc1ccc(CCC2CCN(C(C)C(=O)NCC(C)C)CC2)cc1. The van der Waals surface area contributed by atoms with Crippen LogP contribution in [0.5, 0.6) is 5.75 Å². The predicted octanol–water partition coefficient (Wildman–Crippen LogP) is 3.50. The van der Waals surface area contributed by atoms with E-state index in [2.05, 4.69) is 36.2 Å². The van der Waals surface area contributed by atoms with E-state index in [1.807, 2.05) is 19.1 Å². The first-order valence-electron chi connectivity index (χ1n) is 9.64. The van der Waals surface area contributed by atoms with Crippen LogP contribution in [-0.4, -0.2) is 43.6 Å². The van der Waals surface area contributed by atoms with Gasteiger partial charge in [0.15, 0.2) is 0 Å². The third kappa shape index (κ3) is 6.35.